The van der Waals surface area contributed by atoms with E-state index in [1.807, 2.05) is 31.2 Å². The molecule has 0 aliphatic carbocycles. The molecule has 0 saturated heterocycles. The molecule has 2 aromatic carbocycles. The van der Waals surface area contributed by atoms with Crippen molar-refractivity contribution in [2.45, 2.75) is 39.5 Å². The molecule has 1 amide bonds. The number of carbonyl (C=O) groups is 2. The topological polar surface area (TPSA) is 64.6 Å². The Balaban J connectivity index is 1.66. The monoisotopic (exact) mass is 563 g/mol. The Morgan fingerprint density at radius 1 is 1.18 bits per heavy atom. The van der Waals surface area contributed by atoms with Gasteiger partial charge in [0.2, 0.25) is 5.91 Å². The second kappa shape index (κ2) is 11.9. The Morgan fingerprint density at radius 2 is 1.94 bits per heavy atom. The van der Waals surface area contributed by atoms with E-state index >= 15 is 0 Å². The second-order valence-electron chi connectivity index (χ2n) is 8.08. The maximum atomic E-state index is 12.6. The number of methoxy groups -OCH3 is 1. The van der Waals surface area contributed by atoms with Gasteiger partial charge in [-0.3, -0.25) is 4.79 Å². The smallest absolute Gasteiger partial charge is 0.341 e. The standard InChI is InChI=1S/C26H27BrClNO4S/c1-15(2)17-10-11-21(20(27)14-17)33-12-6-9-22(30)29-25-24(26(31)32-4)23(16(3)34-25)18-7-5-8-19(28)13-18/h5,7-8,10-11,13-15H,6,9,12H2,1-4H3,(H,29,30). The van der Waals surface area contributed by atoms with Crippen LogP contribution in [-0.4, -0.2) is 25.6 Å². The van der Waals surface area contributed by atoms with Crippen molar-refractivity contribution in [1.82, 2.24) is 0 Å². The van der Waals surface area contributed by atoms with Gasteiger partial charge in [0.15, 0.2) is 0 Å². The predicted octanol–water partition coefficient (Wildman–Crippen LogP) is 7.85. The molecule has 1 aromatic heterocycles. The molecule has 0 aliphatic heterocycles. The maximum Gasteiger partial charge on any atom is 0.341 e. The fourth-order valence-electron chi connectivity index (χ4n) is 3.52. The van der Waals surface area contributed by atoms with Crippen molar-refractivity contribution in [3.05, 3.63) is 68.0 Å². The summed E-state index contributed by atoms with van der Waals surface area (Å²) in [7, 11) is 1.33. The van der Waals surface area contributed by atoms with Gasteiger partial charge in [-0.25, -0.2) is 4.79 Å². The summed E-state index contributed by atoms with van der Waals surface area (Å²) in [5.41, 5.74) is 3.08. The van der Waals surface area contributed by atoms with Crippen LogP contribution in [0.25, 0.3) is 11.1 Å². The highest BCUT2D eigenvalue weighted by Gasteiger charge is 2.25. The highest BCUT2D eigenvalue weighted by atomic mass is 79.9. The van der Waals surface area contributed by atoms with Crippen LogP contribution in [0, 0.1) is 6.92 Å². The minimum Gasteiger partial charge on any atom is -0.492 e. The molecule has 0 unspecified atom stereocenters. The van der Waals surface area contributed by atoms with E-state index in [0.717, 1.165) is 20.7 Å². The van der Waals surface area contributed by atoms with Crippen molar-refractivity contribution >= 4 is 55.7 Å². The fourth-order valence-corrected chi connectivity index (χ4v) is 5.30. The Labute approximate surface area is 217 Å². The highest BCUT2D eigenvalue weighted by molar-refractivity contribution is 9.10. The fraction of sp³-hybridized carbons (Fsp3) is 0.308. The first kappa shape index (κ1) is 26.3. The molecular weight excluding hydrogens is 538 g/mol. The number of thiophene rings is 1. The molecule has 1 N–H and O–H groups in total. The maximum absolute atomic E-state index is 12.6. The van der Waals surface area contributed by atoms with E-state index in [0.29, 0.717) is 40.1 Å². The number of esters is 1. The third kappa shape index (κ3) is 6.40. The van der Waals surface area contributed by atoms with Gasteiger partial charge in [0.1, 0.15) is 16.3 Å². The molecule has 1 heterocycles. The van der Waals surface area contributed by atoms with Gasteiger partial charge in [-0.15, -0.1) is 11.3 Å². The summed E-state index contributed by atoms with van der Waals surface area (Å²) in [6, 6.07) is 13.3. The van der Waals surface area contributed by atoms with E-state index in [2.05, 4.69) is 41.2 Å². The number of rotatable bonds is 9. The molecule has 180 valence electrons. The molecule has 0 spiro atoms. The number of anilines is 1. The van der Waals surface area contributed by atoms with E-state index < -0.39 is 5.97 Å². The van der Waals surface area contributed by atoms with Gasteiger partial charge in [-0.1, -0.05) is 43.6 Å². The molecule has 8 heteroatoms. The molecule has 0 atom stereocenters. The first-order valence-corrected chi connectivity index (χ1v) is 12.9. The number of amides is 1. The Kier molecular flexibility index (Phi) is 9.17. The number of benzene rings is 2. The molecule has 3 rings (SSSR count). The van der Waals surface area contributed by atoms with Crippen molar-refractivity contribution in [3.8, 4) is 16.9 Å². The van der Waals surface area contributed by atoms with Gasteiger partial charge in [-0.2, -0.15) is 0 Å². The summed E-state index contributed by atoms with van der Waals surface area (Å²) >= 11 is 11.0. The third-order valence-corrected chi connectivity index (χ3v) is 7.14. The van der Waals surface area contributed by atoms with E-state index in [4.69, 9.17) is 21.1 Å². The molecule has 0 fully saturated rings. The lowest BCUT2D eigenvalue weighted by Crippen LogP contribution is -2.15. The number of halogens is 2. The van der Waals surface area contributed by atoms with Crippen LogP contribution in [0.3, 0.4) is 0 Å². The normalized spacial score (nSPS) is 10.9. The number of hydrogen-bond acceptors (Lipinski definition) is 5. The number of hydrogen-bond donors (Lipinski definition) is 1. The zero-order valence-electron chi connectivity index (χ0n) is 19.5. The van der Waals surface area contributed by atoms with Gasteiger partial charge < -0.3 is 14.8 Å². The number of aryl methyl sites for hydroxylation is 1. The largest absolute Gasteiger partial charge is 0.492 e. The number of ether oxygens (including phenoxy) is 2. The average molecular weight is 565 g/mol. The Morgan fingerprint density at radius 3 is 2.59 bits per heavy atom. The van der Waals surface area contributed by atoms with Crippen LogP contribution in [0.1, 0.15) is 53.4 Å². The lowest BCUT2D eigenvalue weighted by atomic mass is 10.0. The van der Waals surface area contributed by atoms with E-state index in [-0.39, 0.29) is 12.3 Å². The quantitative estimate of drug-likeness (QED) is 0.212. The zero-order valence-corrected chi connectivity index (χ0v) is 22.7. The van der Waals surface area contributed by atoms with Crippen LogP contribution in [0.4, 0.5) is 5.00 Å². The van der Waals surface area contributed by atoms with Crippen molar-refractivity contribution < 1.29 is 19.1 Å². The third-order valence-electron chi connectivity index (χ3n) is 5.27. The van der Waals surface area contributed by atoms with Crippen molar-refractivity contribution in [1.29, 1.82) is 0 Å². The Hall–Kier alpha value is -2.35. The van der Waals surface area contributed by atoms with Crippen LogP contribution in [0.2, 0.25) is 5.02 Å². The molecule has 0 bridgehead atoms. The van der Waals surface area contributed by atoms with Crippen molar-refractivity contribution in [2.24, 2.45) is 0 Å². The lowest BCUT2D eigenvalue weighted by Gasteiger charge is -2.11. The van der Waals surface area contributed by atoms with Gasteiger partial charge in [0, 0.05) is 21.9 Å². The van der Waals surface area contributed by atoms with E-state index in [9.17, 15) is 9.59 Å². The average Bonchev–Trinajstić information content (AvgIpc) is 3.12. The first-order chi connectivity index (χ1) is 16.2. The zero-order chi connectivity index (χ0) is 24.8. The van der Waals surface area contributed by atoms with Crippen LogP contribution in [0.15, 0.2) is 46.9 Å². The molecule has 0 radical (unpaired) electrons. The second-order valence-corrected chi connectivity index (χ2v) is 10.6. The molecule has 34 heavy (non-hydrogen) atoms. The Bertz CT molecular complexity index is 1190. The molecular formula is C26H27BrClNO4S. The summed E-state index contributed by atoms with van der Waals surface area (Å²) in [4.78, 5) is 26.1. The van der Waals surface area contributed by atoms with Crippen LogP contribution >= 0.6 is 38.9 Å². The highest BCUT2D eigenvalue weighted by Crippen LogP contribution is 2.41. The van der Waals surface area contributed by atoms with Crippen LogP contribution in [-0.2, 0) is 9.53 Å². The lowest BCUT2D eigenvalue weighted by molar-refractivity contribution is -0.116. The SMILES string of the molecule is COC(=O)c1c(NC(=O)CCCOc2ccc(C(C)C)cc2Br)sc(C)c1-c1cccc(Cl)c1. The predicted molar refractivity (Wildman–Crippen MR) is 142 cm³/mol. The molecule has 3 aromatic rings. The van der Waals surface area contributed by atoms with Gasteiger partial charge in [-0.05, 0) is 70.6 Å². The van der Waals surface area contributed by atoms with Gasteiger partial charge >= 0.3 is 5.97 Å². The molecule has 0 saturated carbocycles. The van der Waals surface area contributed by atoms with Crippen LogP contribution < -0.4 is 10.1 Å². The molecule has 0 aliphatic rings. The summed E-state index contributed by atoms with van der Waals surface area (Å²) in [6.45, 7) is 6.58. The minimum atomic E-state index is -0.507. The van der Waals surface area contributed by atoms with Gasteiger partial charge in [0.05, 0.1) is 18.2 Å². The van der Waals surface area contributed by atoms with E-state index in [1.54, 1.807) is 12.1 Å². The van der Waals surface area contributed by atoms with Crippen molar-refractivity contribution in [2.75, 3.05) is 19.0 Å². The minimum absolute atomic E-state index is 0.193. The summed E-state index contributed by atoms with van der Waals surface area (Å²) in [6.07, 6.45) is 0.787. The first-order valence-electron chi connectivity index (χ1n) is 10.9. The van der Waals surface area contributed by atoms with Gasteiger partial charge in [0.25, 0.3) is 0 Å². The van der Waals surface area contributed by atoms with E-state index in [1.165, 1.54) is 24.0 Å². The number of nitrogens with one attached hydrogen (secondary N) is 1. The van der Waals surface area contributed by atoms with Crippen LogP contribution in [0.5, 0.6) is 5.75 Å². The summed E-state index contributed by atoms with van der Waals surface area (Å²) in [5.74, 6) is 0.483. The summed E-state index contributed by atoms with van der Waals surface area (Å²) in [5, 5.41) is 3.92. The summed E-state index contributed by atoms with van der Waals surface area (Å²) < 4.78 is 11.7. The molecule has 5 nitrogen and oxygen atoms in total. The number of carbonyl (C=O) groups excluding carboxylic acids is 2. The van der Waals surface area contributed by atoms with Crippen molar-refractivity contribution in [3.63, 3.8) is 0 Å².